The molecule has 1 aliphatic rings. The van der Waals surface area contributed by atoms with Gasteiger partial charge in [-0.3, -0.25) is 9.69 Å². The Balaban J connectivity index is 1.60. The Hall–Kier alpha value is -2.21. The molecule has 0 saturated carbocycles. The molecule has 1 N–H and O–H groups in total. The van der Waals surface area contributed by atoms with E-state index >= 15 is 0 Å². The molecule has 1 fully saturated rings. The van der Waals surface area contributed by atoms with Crippen LogP contribution in [0.4, 0.5) is 0 Å². The second kappa shape index (κ2) is 7.57. The maximum absolute atomic E-state index is 10.9. The van der Waals surface area contributed by atoms with Crippen molar-refractivity contribution < 1.29 is 14.4 Å². The van der Waals surface area contributed by atoms with E-state index < -0.39 is 5.97 Å². The Morgan fingerprint density at radius 1 is 1.38 bits per heavy atom. The average Bonchev–Trinajstić information content (AvgIpc) is 2.89. The molecule has 24 heavy (non-hydrogen) atoms. The molecule has 128 valence electrons. The fourth-order valence-corrected chi connectivity index (χ4v) is 3.25. The van der Waals surface area contributed by atoms with Crippen LogP contribution in [-0.4, -0.2) is 39.2 Å². The SMILES string of the molecule is Cc1cccc(-c2noc(CN3CCCC(CC(=O)O)CC3)n2)c1. The lowest BCUT2D eigenvalue weighted by molar-refractivity contribution is -0.138. The number of carboxylic acids is 1. The first-order chi connectivity index (χ1) is 11.6. The van der Waals surface area contributed by atoms with Crippen LogP contribution < -0.4 is 0 Å². The zero-order chi connectivity index (χ0) is 16.9. The Bertz CT molecular complexity index is 698. The van der Waals surface area contributed by atoms with Crippen LogP contribution in [0.2, 0.25) is 0 Å². The van der Waals surface area contributed by atoms with E-state index in [4.69, 9.17) is 9.63 Å². The highest BCUT2D eigenvalue weighted by Crippen LogP contribution is 2.22. The molecule has 6 heteroatoms. The van der Waals surface area contributed by atoms with Gasteiger partial charge >= 0.3 is 5.97 Å². The number of nitrogens with zero attached hydrogens (tertiary/aromatic N) is 3. The summed E-state index contributed by atoms with van der Waals surface area (Å²) in [5.41, 5.74) is 2.12. The number of benzene rings is 1. The molecule has 1 atom stereocenters. The average molecular weight is 329 g/mol. The van der Waals surface area contributed by atoms with Gasteiger partial charge in [0.2, 0.25) is 11.7 Å². The van der Waals surface area contributed by atoms with Gasteiger partial charge in [0, 0.05) is 12.0 Å². The van der Waals surface area contributed by atoms with Crippen molar-refractivity contribution in [3.63, 3.8) is 0 Å². The topological polar surface area (TPSA) is 79.5 Å². The predicted molar refractivity (Wildman–Crippen MR) is 89.3 cm³/mol. The van der Waals surface area contributed by atoms with E-state index in [1.165, 1.54) is 0 Å². The first-order valence-corrected chi connectivity index (χ1v) is 8.44. The highest BCUT2D eigenvalue weighted by molar-refractivity contribution is 5.67. The van der Waals surface area contributed by atoms with E-state index in [1.54, 1.807) is 0 Å². The second-order valence-electron chi connectivity index (χ2n) is 6.55. The van der Waals surface area contributed by atoms with E-state index in [0.717, 1.165) is 43.5 Å². The highest BCUT2D eigenvalue weighted by Gasteiger charge is 2.21. The van der Waals surface area contributed by atoms with Crippen molar-refractivity contribution in [1.29, 1.82) is 0 Å². The fraction of sp³-hybridized carbons (Fsp3) is 0.500. The normalized spacial score (nSPS) is 19.1. The number of carboxylic acid groups (broad SMARTS) is 1. The van der Waals surface area contributed by atoms with Crippen LogP contribution in [0.5, 0.6) is 0 Å². The third kappa shape index (κ3) is 4.41. The summed E-state index contributed by atoms with van der Waals surface area (Å²) in [6.45, 7) is 4.48. The van der Waals surface area contributed by atoms with Gasteiger partial charge in [-0.25, -0.2) is 0 Å². The largest absolute Gasteiger partial charge is 0.481 e. The molecule has 3 rings (SSSR count). The van der Waals surface area contributed by atoms with E-state index in [-0.39, 0.29) is 12.3 Å². The molecule has 2 aromatic rings. The van der Waals surface area contributed by atoms with Crippen LogP contribution in [-0.2, 0) is 11.3 Å². The molecule has 0 amide bonds. The number of likely N-dealkylation sites (tertiary alicyclic amines) is 1. The molecule has 0 aliphatic carbocycles. The van der Waals surface area contributed by atoms with Crippen molar-refractivity contribution in [2.24, 2.45) is 5.92 Å². The molecule has 0 radical (unpaired) electrons. The highest BCUT2D eigenvalue weighted by atomic mass is 16.5. The first kappa shape index (κ1) is 16.6. The maximum Gasteiger partial charge on any atom is 0.303 e. The zero-order valence-corrected chi connectivity index (χ0v) is 13.9. The number of carbonyl (C=O) groups is 1. The third-order valence-corrected chi connectivity index (χ3v) is 4.51. The fourth-order valence-electron chi connectivity index (χ4n) is 3.25. The number of aliphatic carboxylic acids is 1. The summed E-state index contributed by atoms with van der Waals surface area (Å²) in [5.74, 6) is 0.807. The lowest BCUT2D eigenvalue weighted by Gasteiger charge is -2.17. The minimum Gasteiger partial charge on any atom is -0.481 e. The molecule has 6 nitrogen and oxygen atoms in total. The van der Waals surface area contributed by atoms with Crippen molar-refractivity contribution in [2.45, 2.75) is 39.2 Å². The number of aryl methyl sites for hydroxylation is 1. The van der Waals surface area contributed by atoms with Crippen LogP contribution in [0.3, 0.4) is 0 Å². The van der Waals surface area contributed by atoms with Crippen molar-refractivity contribution >= 4 is 5.97 Å². The third-order valence-electron chi connectivity index (χ3n) is 4.51. The summed E-state index contributed by atoms with van der Waals surface area (Å²) in [7, 11) is 0. The Kier molecular flexibility index (Phi) is 5.25. The summed E-state index contributed by atoms with van der Waals surface area (Å²) in [6, 6.07) is 8.04. The minimum absolute atomic E-state index is 0.270. The quantitative estimate of drug-likeness (QED) is 0.908. The van der Waals surface area contributed by atoms with Crippen LogP contribution in [0.25, 0.3) is 11.4 Å². The summed E-state index contributed by atoms with van der Waals surface area (Å²) in [4.78, 5) is 17.6. The molecule has 1 unspecified atom stereocenters. The van der Waals surface area contributed by atoms with Gasteiger partial charge in [-0.2, -0.15) is 4.98 Å². The van der Waals surface area contributed by atoms with Gasteiger partial charge in [-0.1, -0.05) is 28.9 Å². The molecule has 1 aromatic carbocycles. The molecule has 1 aromatic heterocycles. The molecule has 2 heterocycles. The molecular formula is C18H23N3O3. The molecular weight excluding hydrogens is 306 g/mol. The van der Waals surface area contributed by atoms with Crippen molar-refractivity contribution in [1.82, 2.24) is 15.0 Å². The van der Waals surface area contributed by atoms with Crippen LogP contribution in [0.1, 0.15) is 37.1 Å². The smallest absolute Gasteiger partial charge is 0.303 e. The van der Waals surface area contributed by atoms with Gasteiger partial charge in [0.15, 0.2) is 0 Å². The summed E-state index contributed by atoms with van der Waals surface area (Å²) >= 11 is 0. The first-order valence-electron chi connectivity index (χ1n) is 8.44. The lowest BCUT2D eigenvalue weighted by atomic mass is 9.97. The van der Waals surface area contributed by atoms with Crippen LogP contribution in [0, 0.1) is 12.8 Å². The number of rotatable bonds is 5. The van der Waals surface area contributed by atoms with Gasteiger partial charge in [-0.05, 0) is 51.3 Å². The Morgan fingerprint density at radius 2 is 2.25 bits per heavy atom. The van der Waals surface area contributed by atoms with Gasteiger partial charge in [0.25, 0.3) is 0 Å². The second-order valence-corrected chi connectivity index (χ2v) is 6.55. The van der Waals surface area contributed by atoms with Crippen LogP contribution in [0.15, 0.2) is 28.8 Å². The minimum atomic E-state index is -0.701. The standard InChI is InChI=1S/C18H23N3O3/c1-13-4-2-6-15(10-13)18-19-16(24-20-18)12-21-8-3-5-14(7-9-21)11-17(22)23/h2,4,6,10,14H,3,5,7-9,11-12H2,1H3,(H,22,23). The molecule has 1 aliphatic heterocycles. The van der Waals surface area contributed by atoms with Crippen molar-refractivity contribution in [3.8, 4) is 11.4 Å². The zero-order valence-electron chi connectivity index (χ0n) is 13.9. The van der Waals surface area contributed by atoms with Gasteiger partial charge in [-0.15, -0.1) is 0 Å². The van der Waals surface area contributed by atoms with E-state index in [9.17, 15) is 4.79 Å². The lowest BCUT2D eigenvalue weighted by Crippen LogP contribution is -2.24. The summed E-state index contributed by atoms with van der Waals surface area (Å²) in [5, 5.41) is 13.0. The van der Waals surface area contributed by atoms with E-state index in [1.807, 2.05) is 31.2 Å². The Labute approximate surface area is 141 Å². The van der Waals surface area contributed by atoms with Gasteiger partial charge < -0.3 is 9.63 Å². The monoisotopic (exact) mass is 329 g/mol. The van der Waals surface area contributed by atoms with Crippen LogP contribution >= 0.6 is 0 Å². The van der Waals surface area contributed by atoms with Gasteiger partial charge in [0.05, 0.1) is 6.54 Å². The molecule has 0 bridgehead atoms. The Morgan fingerprint density at radius 3 is 3.04 bits per heavy atom. The molecule has 1 saturated heterocycles. The predicted octanol–water partition coefficient (Wildman–Crippen LogP) is 3.12. The number of aromatic nitrogens is 2. The van der Waals surface area contributed by atoms with Gasteiger partial charge in [0.1, 0.15) is 0 Å². The van der Waals surface area contributed by atoms with E-state index in [0.29, 0.717) is 18.3 Å². The molecule has 0 spiro atoms. The van der Waals surface area contributed by atoms with E-state index in [2.05, 4.69) is 15.0 Å². The summed E-state index contributed by atoms with van der Waals surface area (Å²) < 4.78 is 5.40. The van der Waals surface area contributed by atoms with Crippen molar-refractivity contribution in [3.05, 3.63) is 35.7 Å². The number of hydrogen-bond acceptors (Lipinski definition) is 5. The number of hydrogen-bond donors (Lipinski definition) is 1. The maximum atomic E-state index is 10.9. The summed E-state index contributed by atoms with van der Waals surface area (Å²) in [6.07, 6.45) is 3.16. The van der Waals surface area contributed by atoms with Crippen molar-refractivity contribution in [2.75, 3.05) is 13.1 Å².